The van der Waals surface area contributed by atoms with Crippen molar-refractivity contribution in [3.8, 4) is 5.88 Å². The van der Waals surface area contributed by atoms with Crippen molar-refractivity contribution in [2.75, 3.05) is 24.3 Å². The van der Waals surface area contributed by atoms with E-state index in [1.165, 1.54) is 17.0 Å². The molecule has 3 rings (SSSR count). The third-order valence-corrected chi connectivity index (χ3v) is 5.24. The number of carbonyl (C=O) groups excluding carboxylic acids is 1. The molecule has 0 radical (unpaired) electrons. The molecule has 1 aromatic heterocycles. The minimum atomic E-state index is -4.54. The molecule has 3 aromatic rings. The fraction of sp³-hybridized carbons (Fsp3) is 0.167. The zero-order valence-electron chi connectivity index (χ0n) is 18.8. The average Bonchev–Trinajstić information content (AvgIpc) is 2.81. The van der Waals surface area contributed by atoms with Crippen LogP contribution in [0, 0.1) is 0 Å². The van der Waals surface area contributed by atoms with Gasteiger partial charge in [-0.1, -0.05) is 22.0 Å². The maximum absolute atomic E-state index is 12.7. The predicted octanol–water partition coefficient (Wildman–Crippen LogP) is 5.85. The topological polar surface area (TPSA) is 93.2 Å². The zero-order valence-corrected chi connectivity index (χ0v) is 20.3. The Kier molecular flexibility index (Phi) is 8.23. The lowest BCUT2D eigenvalue weighted by molar-refractivity contribution is -0.154. The Balaban J connectivity index is 2.09. The number of nitrogens with zero attached hydrogens (tertiary/aromatic N) is 4. The van der Waals surface area contributed by atoms with Gasteiger partial charge >= 0.3 is 6.18 Å². The second-order valence-electron chi connectivity index (χ2n) is 7.28. The van der Waals surface area contributed by atoms with Crippen LogP contribution in [0.4, 0.5) is 36.1 Å². The molecule has 1 heterocycles. The molecule has 0 aliphatic rings. The van der Waals surface area contributed by atoms with Crippen LogP contribution in [0.15, 0.2) is 69.1 Å². The number of aliphatic imine (C=N–C) groups is 2. The van der Waals surface area contributed by atoms with Crippen molar-refractivity contribution in [1.29, 1.82) is 0 Å². The number of nitrogens with two attached hydrogens (primary N) is 1. The summed E-state index contributed by atoms with van der Waals surface area (Å²) >= 11 is 3.33. The largest absolute Gasteiger partial charge is 0.468 e. The van der Waals surface area contributed by atoms with Gasteiger partial charge in [0.2, 0.25) is 12.3 Å². The Labute approximate surface area is 208 Å². The minimum Gasteiger partial charge on any atom is -0.468 e. The van der Waals surface area contributed by atoms with Gasteiger partial charge in [0.05, 0.1) is 5.69 Å². The summed E-state index contributed by atoms with van der Waals surface area (Å²) in [5, 5.41) is 0. The summed E-state index contributed by atoms with van der Waals surface area (Å²) in [5.41, 5.74) is 9.21. The lowest BCUT2D eigenvalue weighted by atomic mass is 10.1. The quantitative estimate of drug-likeness (QED) is 0.217. The standard InChI is InChI=1S/C24H21BrF3N5O2/c1-15(16-3-8-20(29)17(11-16)12-30-2)31-21-9-10-22(35-13-24(26,27)28)32-23(21)33(14-34)19-6-4-18(25)5-7-19/h3-12,14H,13,29H2,1-2H3. The fourth-order valence-electron chi connectivity index (χ4n) is 3.06. The van der Waals surface area contributed by atoms with Crippen LogP contribution in [0.5, 0.6) is 5.88 Å². The van der Waals surface area contributed by atoms with Gasteiger partial charge in [0.15, 0.2) is 12.4 Å². The monoisotopic (exact) mass is 547 g/mol. The van der Waals surface area contributed by atoms with Crippen molar-refractivity contribution in [1.82, 2.24) is 4.98 Å². The van der Waals surface area contributed by atoms with Crippen molar-refractivity contribution in [2.45, 2.75) is 13.1 Å². The van der Waals surface area contributed by atoms with Crippen LogP contribution in [0.2, 0.25) is 0 Å². The Morgan fingerprint density at radius 2 is 1.89 bits per heavy atom. The van der Waals surface area contributed by atoms with Crippen LogP contribution in [0.3, 0.4) is 0 Å². The van der Waals surface area contributed by atoms with Gasteiger partial charge in [0.1, 0.15) is 5.69 Å². The van der Waals surface area contributed by atoms with Crippen molar-refractivity contribution in [2.24, 2.45) is 9.98 Å². The van der Waals surface area contributed by atoms with Crippen LogP contribution in [-0.4, -0.2) is 43.2 Å². The molecule has 0 atom stereocenters. The van der Waals surface area contributed by atoms with Gasteiger partial charge in [0.25, 0.3) is 0 Å². The number of hydrogen-bond donors (Lipinski definition) is 1. The number of rotatable bonds is 8. The molecule has 182 valence electrons. The number of anilines is 3. The number of carbonyl (C=O) groups is 1. The normalized spacial score (nSPS) is 12.1. The van der Waals surface area contributed by atoms with Crippen LogP contribution >= 0.6 is 15.9 Å². The smallest absolute Gasteiger partial charge is 0.422 e. The van der Waals surface area contributed by atoms with E-state index in [0.29, 0.717) is 29.1 Å². The van der Waals surface area contributed by atoms with E-state index in [0.717, 1.165) is 10.0 Å². The van der Waals surface area contributed by atoms with E-state index in [2.05, 4.69) is 30.9 Å². The number of benzene rings is 2. The van der Waals surface area contributed by atoms with Crippen LogP contribution in [0.1, 0.15) is 18.1 Å². The molecular weight excluding hydrogens is 527 g/mol. The highest BCUT2D eigenvalue weighted by Crippen LogP contribution is 2.34. The second kappa shape index (κ2) is 11.1. The molecule has 0 spiro atoms. The Morgan fingerprint density at radius 1 is 1.17 bits per heavy atom. The number of alkyl halides is 3. The van der Waals surface area contributed by atoms with Gasteiger partial charge in [-0.25, -0.2) is 4.99 Å². The first kappa shape index (κ1) is 25.9. The van der Waals surface area contributed by atoms with Gasteiger partial charge < -0.3 is 10.5 Å². The zero-order chi connectivity index (χ0) is 25.6. The van der Waals surface area contributed by atoms with E-state index in [4.69, 9.17) is 10.5 Å². The van der Waals surface area contributed by atoms with Crippen LogP contribution < -0.4 is 15.4 Å². The first-order valence-electron chi connectivity index (χ1n) is 10.2. The molecule has 0 aliphatic carbocycles. The van der Waals surface area contributed by atoms with Gasteiger partial charge in [-0.3, -0.25) is 14.7 Å². The minimum absolute atomic E-state index is 0.00661. The lowest BCUT2D eigenvalue weighted by Crippen LogP contribution is -2.20. The molecule has 35 heavy (non-hydrogen) atoms. The maximum atomic E-state index is 12.7. The first-order chi connectivity index (χ1) is 16.6. The molecule has 0 bridgehead atoms. The van der Waals surface area contributed by atoms with E-state index >= 15 is 0 Å². The third kappa shape index (κ3) is 6.89. The molecule has 2 aromatic carbocycles. The van der Waals surface area contributed by atoms with E-state index in [1.807, 2.05) is 0 Å². The second-order valence-corrected chi connectivity index (χ2v) is 8.19. The van der Waals surface area contributed by atoms with Gasteiger partial charge in [-0.2, -0.15) is 18.2 Å². The molecule has 2 N–H and O–H groups in total. The predicted molar refractivity (Wildman–Crippen MR) is 134 cm³/mol. The summed E-state index contributed by atoms with van der Waals surface area (Å²) in [7, 11) is 1.63. The Bertz CT molecular complexity index is 1260. The SMILES string of the molecule is CN=Cc1cc(C(C)=Nc2ccc(OCC(F)(F)F)nc2N(C=O)c2ccc(Br)cc2)ccc1N. The molecule has 0 unspecified atom stereocenters. The fourth-order valence-corrected chi connectivity index (χ4v) is 3.32. The molecule has 0 fully saturated rings. The van der Waals surface area contributed by atoms with Gasteiger partial charge in [-0.05, 0) is 55.0 Å². The Morgan fingerprint density at radius 3 is 2.51 bits per heavy atom. The highest BCUT2D eigenvalue weighted by Gasteiger charge is 2.29. The summed E-state index contributed by atoms with van der Waals surface area (Å²) in [5.74, 6) is -0.293. The number of pyridine rings is 1. The maximum Gasteiger partial charge on any atom is 0.422 e. The van der Waals surface area contributed by atoms with E-state index in [9.17, 15) is 18.0 Å². The van der Waals surface area contributed by atoms with E-state index < -0.39 is 12.8 Å². The first-order valence-corrected chi connectivity index (χ1v) is 11.0. The molecule has 7 nitrogen and oxygen atoms in total. The molecular formula is C24H21BrF3N5O2. The highest BCUT2D eigenvalue weighted by molar-refractivity contribution is 9.10. The van der Waals surface area contributed by atoms with Crippen molar-refractivity contribution in [3.63, 3.8) is 0 Å². The van der Waals surface area contributed by atoms with Crippen molar-refractivity contribution < 1.29 is 22.7 Å². The number of amides is 1. The number of halogens is 4. The highest BCUT2D eigenvalue weighted by atomic mass is 79.9. The van der Waals surface area contributed by atoms with Gasteiger partial charge in [-0.15, -0.1) is 0 Å². The summed E-state index contributed by atoms with van der Waals surface area (Å²) in [6.07, 6.45) is -2.42. The summed E-state index contributed by atoms with van der Waals surface area (Å²) < 4.78 is 43.6. The summed E-state index contributed by atoms with van der Waals surface area (Å²) in [4.78, 5) is 26.0. The summed E-state index contributed by atoms with van der Waals surface area (Å²) in [6, 6.07) is 14.8. The van der Waals surface area contributed by atoms with E-state index in [1.54, 1.807) is 62.7 Å². The molecule has 0 saturated heterocycles. The number of nitrogen functional groups attached to an aromatic ring is 1. The van der Waals surface area contributed by atoms with Crippen LogP contribution in [0.25, 0.3) is 0 Å². The third-order valence-electron chi connectivity index (χ3n) is 4.71. The summed E-state index contributed by atoms with van der Waals surface area (Å²) in [6.45, 7) is 0.231. The molecule has 0 aliphatic heterocycles. The van der Waals surface area contributed by atoms with Gasteiger partial charge in [0, 0.05) is 40.8 Å². The van der Waals surface area contributed by atoms with Crippen LogP contribution in [-0.2, 0) is 4.79 Å². The average molecular weight is 548 g/mol. The molecule has 11 heteroatoms. The van der Waals surface area contributed by atoms with Crippen molar-refractivity contribution in [3.05, 3.63) is 70.2 Å². The Hall–Kier alpha value is -3.73. The van der Waals surface area contributed by atoms with E-state index in [-0.39, 0.29) is 17.4 Å². The number of ether oxygens (including phenoxy) is 1. The number of hydrogen-bond acceptors (Lipinski definition) is 6. The lowest BCUT2D eigenvalue weighted by Gasteiger charge is -2.20. The van der Waals surface area contributed by atoms with Crippen molar-refractivity contribution >= 4 is 57.1 Å². The molecule has 0 saturated carbocycles. The molecule has 1 amide bonds. The number of aromatic nitrogens is 1.